The van der Waals surface area contributed by atoms with E-state index in [1.54, 1.807) is 0 Å². The molecule has 2 rings (SSSR count). The Kier molecular flexibility index (Phi) is 2.65. The lowest BCUT2D eigenvalue weighted by Crippen LogP contribution is -2.60. The number of rotatable bonds is 0. The van der Waals surface area contributed by atoms with Gasteiger partial charge in [-0.2, -0.15) is 0 Å². The maximum Gasteiger partial charge on any atom is 0.410 e. The maximum absolute atomic E-state index is 11.7. The molecule has 0 aromatic rings. The fourth-order valence-corrected chi connectivity index (χ4v) is 2.64. The van der Waals surface area contributed by atoms with Gasteiger partial charge in [-0.15, -0.1) is 0 Å². The van der Waals surface area contributed by atoms with Crippen molar-refractivity contribution in [3.8, 4) is 0 Å². The minimum Gasteiger partial charge on any atom is -0.444 e. The summed E-state index contributed by atoms with van der Waals surface area (Å²) in [7, 11) is 0. The molecule has 2 fully saturated rings. The van der Waals surface area contributed by atoms with Crippen LogP contribution < -0.4 is 5.32 Å². The molecule has 1 amide bonds. The normalized spacial score (nSPS) is 28.0. The number of carbonyl (C=O) groups excluding carboxylic acids is 1. The fraction of sp³-hybridized carbons (Fsp3) is 0.917. The van der Waals surface area contributed by atoms with Crippen molar-refractivity contribution in [2.45, 2.75) is 45.8 Å². The van der Waals surface area contributed by atoms with Gasteiger partial charge in [-0.05, 0) is 34.1 Å². The maximum atomic E-state index is 11.7. The van der Waals surface area contributed by atoms with Gasteiger partial charge in [-0.1, -0.05) is 0 Å². The van der Waals surface area contributed by atoms with E-state index in [9.17, 15) is 4.79 Å². The van der Waals surface area contributed by atoms with E-state index in [0.717, 1.165) is 19.6 Å². The lowest BCUT2D eigenvalue weighted by Gasteiger charge is -2.47. The first-order chi connectivity index (χ1) is 7.30. The molecule has 1 spiro atoms. The van der Waals surface area contributed by atoms with Crippen molar-refractivity contribution in [3.05, 3.63) is 0 Å². The van der Waals surface area contributed by atoms with E-state index in [0.29, 0.717) is 11.5 Å². The van der Waals surface area contributed by atoms with E-state index >= 15 is 0 Å². The highest BCUT2D eigenvalue weighted by Gasteiger charge is 2.49. The van der Waals surface area contributed by atoms with Crippen LogP contribution in [-0.2, 0) is 4.74 Å². The molecular weight excluding hydrogens is 204 g/mol. The summed E-state index contributed by atoms with van der Waals surface area (Å²) in [4.78, 5) is 13.6. The summed E-state index contributed by atoms with van der Waals surface area (Å²) in [5.41, 5.74) is -0.0582. The second kappa shape index (κ2) is 3.62. The lowest BCUT2D eigenvalue weighted by molar-refractivity contribution is -0.0278. The Morgan fingerprint density at radius 3 is 2.50 bits per heavy atom. The highest BCUT2D eigenvalue weighted by molar-refractivity contribution is 5.69. The first-order valence-corrected chi connectivity index (χ1v) is 6.01. The van der Waals surface area contributed by atoms with Crippen LogP contribution in [0.3, 0.4) is 0 Å². The van der Waals surface area contributed by atoms with E-state index in [1.807, 2.05) is 25.7 Å². The minimum absolute atomic E-state index is 0.169. The van der Waals surface area contributed by atoms with E-state index in [1.165, 1.54) is 6.42 Å². The summed E-state index contributed by atoms with van der Waals surface area (Å²) in [6.07, 6.45) is 1.00. The fourth-order valence-electron chi connectivity index (χ4n) is 2.64. The molecule has 0 aromatic carbocycles. The first-order valence-electron chi connectivity index (χ1n) is 6.01. The Labute approximate surface area is 97.3 Å². The molecule has 2 aliphatic rings. The molecule has 2 saturated heterocycles. The molecule has 92 valence electrons. The van der Waals surface area contributed by atoms with Gasteiger partial charge in [0.25, 0.3) is 0 Å². The summed E-state index contributed by atoms with van der Waals surface area (Å²) in [5, 5.41) is 3.44. The molecule has 4 nitrogen and oxygen atoms in total. The van der Waals surface area contributed by atoms with Crippen molar-refractivity contribution < 1.29 is 9.53 Å². The number of ether oxygens (including phenoxy) is 1. The van der Waals surface area contributed by atoms with Crippen molar-refractivity contribution in [2.75, 3.05) is 19.6 Å². The number of amides is 1. The third-order valence-electron chi connectivity index (χ3n) is 3.27. The molecule has 1 N–H and O–H groups in total. The Balaban J connectivity index is 1.82. The van der Waals surface area contributed by atoms with Crippen LogP contribution >= 0.6 is 0 Å². The molecule has 0 bridgehead atoms. The number of carbonyl (C=O) groups is 1. The molecule has 4 heteroatoms. The van der Waals surface area contributed by atoms with Crippen molar-refractivity contribution in [3.63, 3.8) is 0 Å². The molecular formula is C12H22N2O2. The van der Waals surface area contributed by atoms with Gasteiger partial charge < -0.3 is 15.0 Å². The van der Waals surface area contributed by atoms with Gasteiger partial charge in [0.05, 0.1) is 0 Å². The van der Waals surface area contributed by atoms with E-state index in [-0.39, 0.29) is 11.7 Å². The van der Waals surface area contributed by atoms with Crippen molar-refractivity contribution in [2.24, 2.45) is 5.41 Å². The minimum atomic E-state index is -0.388. The molecule has 0 aliphatic carbocycles. The predicted molar refractivity (Wildman–Crippen MR) is 62.3 cm³/mol. The van der Waals surface area contributed by atoms with Crippen molar-refractivity contribution in [1.29, 1.82) is 0 Å². The first kappa shape index (κ1) is 11.7. The number of hydrogen-bond acceptors (Lipinski definition) is 3. The van der Waals surface area contributed by atoms with Gasteiger partial charge in [0.1, 0.15) is 5.60 Å². The highest BCUT2D eigenvalue weighted by Crippen LogP contribution is 2.38. The Morgan fingerprint density at radius 2 is 2.06 bits per heavy atom. The standard InChI is InChI=1S/C12H22N2O2/c1-9-5-12(6-13-9)7-14(8-12)10(15)16-11(2,3)4/h9,13H,5-8H2,1-4H3/t9-/m0/s1. The van der Waals surface area contributed by atoms with Gasteiger partial charge >= 0.3 is 6.09 Å². The van der Waals surface area contributed by atoms with Crippen LogP contribution in [0.4, 0.5) is 4.79 Å². The summed E-state index contributed by atoms with van der Waals surface area (Å²) in [5.74, 6) is 0. The Hall–Kier alpha value is -0.770. The Morgan fingerprint density at radius 1 is 1.44 bits per heavy atom. The second-order valence-corrected chi connectivity index (χ2v) is 6.32. The molecule has 1 atom stereocenters. The molecule has 0 unspecified atom stereocenters. The third kappa shape index (κ3) is 2.32. The van der Waals surface area contributed by atoms with Crippen LogP contribution in [0.15, 0.2) is 0 Å². The topological polar surface area (TPSA) is 41.6 Å². The predicted octanol–water partition coefficient (Wildman–Crippen LogP) is 1.61. The zero-order valence-corrected chi connectivity index (χ0v) is 10.7. The molecule has 0 aromatic heterocycles. The molecule has 2 aliphatic heterocycles. The number of nitrogens with zero attached hydrogens (tertiary/aromatic N) is 1. The summed E-state index contributed by atoms with van der Waals surface area (Å²) in [6.45, 7) is 10.6. The largest absolute Gasteiger partial charge is 0.444 e. The summed E-state index contributed by atoms with van der Waals surface area (Å²) >= 11 is 0. The van der Waals surface area contributed by atoms with Gasteiger partial charge in [-0.25, -0.2) is 4.79 Å². The van der Waals surface area contributed by atoms with E-state index in [4.69, 9.17) is 4.74 Å². The average Bonchev–Trinajstić information content (AvgIpc) is 2.41. The summed E-state index contributed by atoms with van der Waals surface area (Å²) < 4.78 is 5.34. The van der Waals surface area contributed by atoms with Crippen LogP contribution in [0.1, 0.15) is 34.1 Å². The zero-order valence-electron chi connectivity index (χ0n) is 10.7. The quantitative estimate of drug-likeness (QED) is 0.682. The van der Waals surface area contributed by atoms with E-state index in [2.05, 4.69) is 12.2 Å². The molecule has 16 heavy (non-hydrogen) atoms. The zero-order chi connectivity index (χ0) is 12.0. The SMILES string of the molecule is C[C@H]1CC2(CN1)CN(C(=O)OC(C)(C)C)C2. The Bertz CT molecular complexity index is 290. The highest BCUT2D eigenvalue weighted by atomic mass is 16.6. The monoisotopic (exact) mass is 226 g/mol. The third-order valence-corrected chi connectivity index (χ3v) is 3.27. The van der Waals surface area contributed by atoms with Gasteiger partial charge in [-0.3, -0.25) is 0 Å². The lowest BCUT2D eigenvalue weighted by atomic mass is 9.78. The van der Waals surface area contributed by atoms with Gasteiger partial charge in [0.15, 0.2) is 0 Å². The summed E-state index contributed by atoms with van der Waals surface area (Å²) in [6, 6.07) is 0.584. The number of likely N-dealkylation sites (tertiary alicyclic amines) is 1. The average molecular weight is 226 g/mol. The van der Waals surface area contributed by atoms with Crippen LogP contribution in [-0.4, -0.2) is 42.3 Å². The second-order valence-electron chi connectivity index (χ2n) is 6.32. The van der Waals surface area contributed by atoms with E-state index < -0.39 is 0 Å². The van der Waals surface area contributed by atoms with Crippen LogP contribution in [0.25, 0.3) is 0 Å². The van der Waals surface area contributed by atoms with Gasteiger partial charge in [0, 0.05) is 31.1 Å². The smallest absolute Gasteiger partial charge is 0.410 e. The van der Waals surface area contributed by atoms with Crippen molar-refractivity contribution >= 4 is 6.09 Å². The number of nitrogens with one attached hydrogen (secondary N) is 1. The molecule has 0 saturated carbocycles. The molecule has 0 radical (unpaired) electrons. The van der Waals surface area contributed by atoms with Crippen LogP contribution in [0.5, 0.6) is 0 Å². The number of hydrogen-bond donors (Lipinski definition) is 1. The van der Waals surface area contributed by atoms with Gasteiger partial charge in [0.2, 0.25) is 0 Å². The van der Waals surface area contributed by atoms with Crippen LogP contribution in [0, 0.1) is 5.41 Å². The molecule has 2 heterocycles. The van der Waals surface area contributed by atoms with Crippen molar-refractivity contribution in [1.82, 2.24) is 10.2 Å². The van der Waals surface area contributed by atoms with Crippen LogP contribution in [0.2, 0.25) is 0 Å².